The van der Waals surface area contributed by atoms with Crippen molar-refractivity contribution in [3.8, 4) is 16.9 Å². The molecule has 0 aliphatic heterocycles. The lowest BCUT2D eigenvalue weighted by atomic mass is 10.0. The van der Waals surface area contributed by atoms with E-state index in [1.807, 2.05) is 0 Å². The first-order valence-corrected chi connectivity index (χ1v) is 8.39. The van der Waals surface area contributed by atoms with Crippen LogP contribution in [0, 0.1) is 12.7 Å². The molecule has 28 heavy (non-hydrogen) atoms. The molecule has 2 aromatic carbocycles. The second kappa shape index (κ2) is 7.07. The van der Waals surface area contributed by atoms with Crippen molar-refractivity contribution in [3.05, 3.63) is 66.3 Å². The van der Waals surface area contributed by atoms with Crippen LogP contribution in [0.15, 0.2) is 53.2 Å². The third kappa shape index (κ3) is 3.16. The highest BCUT2D eigenvalue weighted by Gasteiger charge is 2.17. The number of carbonyl (C=O) groups is 1. The summed E-state index contributed by atoms with van der Waals surface area (Å²) in [4.78, 5) is 25.0. The van der Waals surface area contributed by atoms with Crippen LogP contribution in [-0.4, -0.2) is 28.0 Å². The van der Waals surface area contributed by atoms with Gasteiger partial charge in [-0.1, -0.05) is 18.2 Å². The van der Waals surface area contributed by atoms with Crippen molar-refractivity contribution in [1.29, 1.82) is 0 Å². The maximum atomic E-state index is 14.3. The van der Waals surface area contributed by atoms with Crippen LogP contribution in [0.3, 0.4) is 0 Å². The fourth-order valence-corrected chi connectivity index (χ4v) is 2.84. The molecule has 4 rings (SSSR count). The number of amides is 1. The molecular formula is C20H15FN4O3. The molecule has 0 saturated heterocycles. The topological polar surface area (TPSA) is 90.1 Å². The number of nitrogens with zero attached hydrogens (tertiary/aromatic N) is 3. The highest BCUT2D eigenvalue weighted by atomic mass is 19.1. The van der Waals surface area contributed by atoms with E-state index in [1.54, 1.807) is 37.3 Å². The molecule has 0 unspecified atom stereocenters. The van der Waals surface area contributed by atoms with E-state index >= 15 is 0 Å². The molecule has 2 aromatic heterocycles. The van der Waals surface area contributed by atoms with Gasteiger partial charge in [0, 0.05) is 18.1 Å². The van der Waals surface area contributed by atoms with E-state index in [1.165, 1.54) is 25.6 Å². The van der Waals surface area contributed by atoms with Crippen LogP contribution in [-0.2, 0) is 0 Å². The SMILES string of the molecule is COc1ccc(-c2ccccc2F)c2ncc(NC(=O)c3cnc(C)o3)nc12. The zero-order valence-electron chi connectivity index (χ0n) is 15.1. The Morgan fingerprint density at radius 3 is 2.61 bits per heavy atom. The number of aryl methyl sites for hydroxylation is 1. The molecule has 2 heterocycles. The number of nitrogens with one attached hydrogen (secondary N) is 1. The Hall–Kier alpha value is -3.81. The normalized spacial score (nSPS) is 10.8. The number of ether oxygens (including phenoxy) is 1. The Bertz CT molecular complexity index is 1190. The summed E-state index contributed by atoms with van der Waals surface area (Å²) in [5, 5.41) is 2.61. The Morgan fingerprint density at radius 1 is 1.07 bits per heavy atom. The standard InChI is InChI=1S/C20H15FN4O3/c1-11-22-9-16(28-11)20(26)25-17-10-23-18-13(12-5-3-4-6-14(12)21)7-8-15(27-2)19(18)24-17/h3-10H,1-2H3,(H,24,25,26). The molecular weight excluding hydrogens is 363 g/mol. The number of hydrogen-bond acceptors (Lipinski definition) is 6. The van der Waals surface area contributed by atoms with Gasteiger partial charge < -0.3 is 14.5 Å². The number of halogens is 1. The molecule has 1 amide bonds. The lowest BCUT2D eigenvalue weighted by Gasteiger charge is -2.11. The molecule has 140 valence electrons. The van der Waals surface area contributed by atoms with Crippen LogP contribution in [0.5, 0.6) is 5.75 Å². The van der Waals surface area contributed by atoms with Crippen molar-refractivity contribution in [2.45, 2.75) is 6.92 Å². The molecule has 0 bridgehead atoms. The van der Waals surface area contributed by atoms with Crippen LogP contribution in [0.1, 0.15) is 16.4 Å². The summed E-state index contributed by atoms with van der Waals surface area (Å²) in [6.45, 7) is 1.64. The number of rotatable bonds is 4. The predicted octanol–water partition coefficient (Wildman–Crippen LogP) is 3.99. The minimum atomic E-state index is -0.501. The van der Waals surface area contributed by atoms with E-state index in [0.29, 0.717) is 33.8 Å². The molecule has 8 heteroatoms. The fourth-order valence-electron chi connectivity index (χ4n) is 2.84. The summed E-state index contributed by atoms with van der Waals surface area (Å²) in [5.74, 6) is 0.231. The van der Waals surface area contributed by atoms with Gasteiger partial charge in [0.25, 0.3) is 5.91 Å². The summed E-state index contributed by atoms with van der Waals surface area (Å²) in [6.07, 6.45) is 2.73. The monoisotopic (exact) mass is 378 g/mol. The molecule has 1 N–H and O–H groups in total. The van der Waals surface area contributed by atoms with Crippen molar-refractivity contribution in [3.63, 3.8) is 0 Å². The summed E-state index contributed by atoms with van der Waals surface area (Å²) < 4.78 is 24.8. The van der Waals surface area contributed by atoms with E-state index in [4.69, 9.17) is 9.15 Å². The highest BCUT2D eigenvalue weighted by molar-refractivity contribution is 6.02. The fraction of sp³-hybridized carbons (Fsp3) is 0.100. The van der Waals surface area contributed by atoms with Gasteiger partial charge in [-0.25, -0.2) is 19.3 Å². The number of anilines is 1. The summed E-state index contributed by atoms with van der Waals surface area (Å²) >= 11 is 0. The van der Waals surface area contributed by atoms with Gasteiger partial charge in [-0.2, -0.15) is 0 Å². The maximum Gasteiger partial charge on any atom is 0.294 e. The Labute approximate surface area is 159 Å². The maximum absolute atomic E-state index is 14.3. The average Bonchev–Trinajstić information content (AvgIpc) is 3.14. The second-order valence-electron chi connectivity index (χ2n) is 5.95. The number of hydrogen-bond donors (Lipinski definition) is 1. The Balaban J connectivity index is 1.78. The van der Waals surface area contributed by atoms with E-state index in [0.717, 1.165) is 0 Å². The minimum Gasteiger partial charge on any atom is -0.494 e. The van der Waals surface area contributed by atoms with Crippen molar-refractivity contribution in [2.75, 3.05) is 12.4 Å². The number of carbonyl (C=O) groups excluding carboxylic acids is 1. The minimum absolute atomic E-state index is 0.0615. The highest BCUT2D eigenvalue weighted by Crippen LogP contribution is 2.33. The number of methoxy groups -OCH3 is 1. The predicted molar refractivity (Wildman–Crippen MR) is 101 cm³/mol. The summed E-state index contributed by atoms with van der Waals surface area (Å²) in [5.41, 5.74) is 1.83. The lowest BCUT2D eigenvalue weighted by Crippen LogP contribution is -2.12. The second-order valence-corrected chi connectivity index (χ2v) is 5.95. The molecule has 0 fully saturated rings. The van der Waals surface area contributed by atoms with E-state index in [-0.39, 0.29) is 17.4 Å². The molecule has 0 atom stereocenters. The molecule has 4 aromatic rings. The zero-order chi connectivity index (χ0) is 19.7. The molecule has 0 radical (unpaired) electrons. The smallest absolute Gasteiger partial charge is 0.294 e. The van der Waals surface area contributed by atoms with Gasteiger partial charge in [0.05, 0.1) is 19.5 Å². The van der Waals surface area contributed by atoms with Crippen molar-refractivity contribution in [2.24, 2.45) is 0 Å². The van der Waals surface area contributed by atoms with Crippen LogP contribution in [0.25, 0.3) is 22.2 Å². The molecule has 0 spiro atoms. The van der Waals surface area contributed by atoms with E-state index in [2.05, 4.69) is 20.3 Å². The first kappa shape index (κ1) is 17.6. The Morgan fingerprint density at radius 2 is 1.89 bits per heavy atom. The summed E-state index contributed by atoms with van der Waals surface area (Å²) in [6, 6.07) is 9.83. The van der Waals surface area contributed by atoms with Crippen LogP contribution in [0.2, 0.25) is 0 Å². The van der Waals surface area contributed by atoms with Crippen LogP contribution >= 0.6 is 0 Å². The first-order chi connectivity index (χ1) is 13.6. The van der Waals surface area contributed by atoms with Gasteiger partial charge in [-0.3, -0.25) is 4.79 Å². The number of fused-ring (bicyclic) bond motifs is 1. The molecule has 0 saturated carbocycles. The third-order valence-corrected chi connectivity index (χ3v) is 4.13. The van der Waals surface area contributed by atoms with Crippen molar-refractivity contribution in [1.82, 2.24) is 15.0 Å². The van der Waals surface area contributed by atoms with Crippen LogP contribution in [0.4, 0.5) is 10.2 Å². The largest absolute Gasteiger partial charge is 0.494 e. The van der Waals surface area contributed by atoms with Gasteiger partial charge >= 0.3 is 0 Å². The molecule has 0 aliphatic carbocycles. The number of oxazole rings is 1. The van der Waals surface area contributed by atoms with Gasteiger partial charge in [-0.15, -0.1) is 0 Å². The van der Waals surface area contributed by atoms with Crippen molar-refractivity contribution >= 4 is 22.8 Å². The Kier molecular flexibility index (Phi) is 4.44. The van der Waals surface area contributed by atoms with E-state index < -0.39 is 5.91 Å². The lowest BCUT2D eigenvalue weighted by molar-refractivity contribution is 0.0995. The van der Waals surface area contributed by atoms with E-state index in [9.17, 15) is 9.18 Å². The van der Waals surface area contributed by atoms with Gasteiger partial charge in [0.15, 0.2) is 11.7 Å². The number of benzene rings is 2. The van der Waals surface area contributed by atoms with Gasteiger partial charge in [0.2, 0.25) is 5.76 Å². The zero-order valence-corrected chi connectivity index (χ0v) is 15.1. The average molecular weight is 378 g/mol. The molecule has 0 aliphatic rings. The molecule has 7 nitrogen and oxygen atoms in total. The third-order valence-electron chi connectivity index (χ3n) is 4.13. The van der Waals surface area contributed by atoms with Crippen molar-refractivity contribution < 1.29 is 18.3 Å². The quantitative estimate of drug-likeness (QED) is 0.577. The summed E-state index contributed by atoms with van der Waals surface area (Å²) in [7, 11) is 1.50. The number of aromatic nitrogens is 3. The van der Waals surface area contributed by atoms with Gasteiger partial charge in [-0.05, 0) is 18.2 Å². The van der Waals surface area contributed by atoms with Gasteiger partial charge in [0.1, 0.15) is 22.6 Å². The first-order valence-electron chi connectivity index (χ1n) is 8.39. The van der Waals surface area contributed by atoms with Crippen LogP contribution < -0.4 is 10.1 Å².